The Hall–Kier alpha value is -2.08. The van der Waals surface area contributed by atoms with Crippen molar-refractivity contribution in [2.45, 2.75) is 25.9 Å². The van der Waals surface area contributed by atoms with Gasteiger partial charge in [0.05, 0.1) is 19.6 Å². The number of likely N-dealkylation sites (tertiary alicyclic amines) is 1. The number of piperidine rings is 1. The number of rotatable bonds is 6. The molecule has 1 aromatic carbocycles. The number of benzene rings is 1. The Morgan fingerprint density at radius 3 is 2.50 bits per heavy atom. The second kappa shape index (κ2) is 9.27. The molecule has 2 rings (SSSR count). The van der Waals surface area contributed by atoms with Crippen molar-refractivity contribution in [2.24, 2.45) is 11.8 Å². The number of hydrogen-bond donors (Lipinski definition) is 1. The fourth-order valence-electron chi connectivity index (χ4n) is 2.98. The van der Waals surface area contributed by atoms with Gasteiger partial charge in [-0.3, -0.25) is 4.79 Å². The highest BCUT2D eigenvalue weighted by atomic mass is 16.6. The maximum atomic E-state index is 12.1. The van der Waals surface area contributed by atoms with Gasteiger partial charge in [0.2, 0.25) is 0 Å². The standard InChI is InChI=1S/C18H25NO5/c1-23-17(21)16(12-20)11-14-7-9-19(10-8-14)18(22)24-13-15-5-3-2-4-6-15/h2-6,14,16,20H,7-13H2,1H3/t16-/m1/s1. The van der Waals surface area contributed by atoms with Crippen LogP contribution >= 0.6 is 0 Å². The van der Waals surface area contributed by atoms with Crippen LogP contribution in [-0.4, -0.2) is 48.9 Å². The summed E-state index contributed by atoms with van der Waals surface area (Å²) in [7, 11) is 1.33. The molecule has 132 valence electrons. The summed E-state index contributed by atoms with van der Waals surface area (Å²) < 4.78 is 10.0. The molecule has 6 nitrogen and oxygen atoms in total. The lowest BCUT2D eigenvalue weighted by Crippen LogP contribution is -2.39. The first kappa shape index (κ1) is 18.3. The van der Waals surface area contributed by atoms with E-state index >= 15 is 0 Å². The SMILES string of the molecule is COC(=O)[C@@H](CO)CC1CCN(C(=O)OCc2ccccc2)CC1. The van der Waals surface area contributed by atoms with Crippen LogP contribution in [0.1, 0.15) is 24.8 Å². The summed E-state index contributed by atoms with van der Waals surface area (Å²) in [5.41, 5.74) is 0.963. The highest BCUT2D eigenvalue weighted by molar-refractivity contribution is 5.72. The Bertz CT molecular complexity index is 525. The monoisotopic (exact) mass is 335 g/mol. The zero-order chi connectivity index (χ0) is 17.4. The van der Waals surface area contributed by atoms with Gasteiger partial charge in [-0.25, -0.2) is 4.79 Å². The second-order valence-electron chi connectivity index (χ2n) is 6.11. The van der Waals surface area contributed by atoms with Gasteiger partial charge in [-0.15, -0.1) is 0 Å². The maximum Gasteiger partial charge on any atom is 0.410 e. The fraction of sp³-hybridized carbons (Fsp3) is 0.556. The van der Waals surface area contributed by atoms with Crippen LogP contribution in [0.5, 0.6) is 0 Å². The van der Waals surface area contributed by atoms with Crippen molar-refractivity contribution in [3.8, 4) is 0 Å². The van der Waals surface area contributed by atoms with Gasteiger partial charge in [-0.05, 0) is 30.7 Å². The third-order valence-electron chi connectivity index (χ3n) is 4.45. The molecule has 1 N–H and O–H groups in total. The number of methoxy groups -OCH3 is 1. The average molecular weight is 335 g/mol. The molecule has 0 aliphatic carbocycles. The van der Waals surface area contributed by atoms with Crippen molar-refractivity contribution in [1.82, 2.24) is 4.90 Å². The predicted molar refractivity (Wildman–Crippen MR) is 88.1 cm³/mol. The molecular formula is C18H25NO5. The number of ether oxygens (including phenoxy) is 2. The highest BCUT2D eigenvalue weighted by Gasteiger charge is 2.28. The lowest BCUT2D eigenvalue weighted by atomic mass is 9.87. The number of carbonyl (C=O) groups is 2. The summed E-state index contributed by atoms with van der Waals surface area (Å²) in [6.45, 7) is 1.29. The van der Waals surface area contributed by atoms with Gasteiger partial charge in [-0.1, -0.05) is 30.3 Å². The summed E-state index contributed by atoms with van der Waals surface area (Å²) in [6, 6.07) is 9.58. The van der Waals surface area contributed by atoms with E-state index in [4.69, 9.17) is 9.47 Å². The summed E-state index contributed by atoms with van der Waals surface area (Å²) in [5, 5.41) is 9.29. The van der Waals surface area contributed by atoms with Gasteiger partial charge in [0, 0.05) is 13.1 Å². The van der Waals surface area contributed by atoms with Gasteiger partial charge in [-0.2, -0.15) is 0 Å². The number of nitrogens with zero attached hydrogens (tertiary/aromatic N) is 1. The van der Waals surface area contributed by atoms with Crippen LogP contribution in [-0.2, 0) is 20.9 Å². The van der Waals surface area contributed by atoms with Crippen LogP contribution in [0, 0.1) is 11.8 Å². The average Bonchev–Trinajstić information content (AvgIpc) is 2.64. The van der Waals surface area contributed by atoms with E-state index in [1.54, 1.807) is 4.90 Å². The third-order valence-corrected chi connectivity index (χ3v) is 4.45. The molecule has 0 unspecified atom stereocenters. The molecule has 0 radical (unpaired) electrons. The van der Waals surface area contributed by atoms with Crippen molar-refractivity contribution >= 4 is 12.1 Å². The molecule has 0 aromatic heterocycles. The number of aliphatic hydroxyl groups excluding tert-OH is 1. The molecule has 1 aromatic rings. The molecule has 0 spiro atoms. The summed E-state index contributed by atoms with van der Waals surface area (Å²) in [4.78, 5) is 25.3. The number of hydrogen-bond acceptors (Lipinski definition) is 5. The Balaban J connectivity index is 1.73. The summed E-state index contributed by atoms with van der Waals surface area (Å²) in [6.07, 6.45) is 1.89. The van der Waals surface area contributed by atoms with Crippen LogP contribution in [0.15, 0.2) is 30.3 Å². The van der Waals surface area contributed by atoms with Gasteiger partial charge in [0.25, 0.3) is 0 Å². The van der Waals surface area contributed by atoms with E-state index in [1.807, 2.05) is 30.3 Å². The topological polar surface area (TPSA) is 76.1 Å². The van der Waals surface area contributed by atoms with E-state index < -0.39 is 5.92 Å². The Morgan fingerprint density at radius 2 is 1.92 bits per heavy atom. The first-order valence-corrected chi connectivity index (χ1v) is 8.28. The largest absolute Gasteiger partial charge is 0.469 e. The third kappa shape index (κ3) is 5.23. The first-order valence-electron chi connectivity index (χ1n) is 8.28. The van der Waals surface area contributed by atoms with Crippen LogP contribution < -0.4 is 0 Å². The van der Waals surface area contributed by atoms with Gasteiger partial charge < -0.3 is 19.5 Å². The summed E-state index contributed by atoms with van der Waals surface area (Å²) in [5.74, 6) is -0.543. The molecule has 1 heterocycles. The van der Waals surface area contributed by atoms with Crippen LogP contribution in [0.4, 0.5) is 4.79 Å². The highest BCUT2D eigenvalue weighted by Crippen LogP contribution is 2.25. The molecule has 1 fully saturated rings. The van der Waals surface area contributed by atoms with E-state index in [9.17, 15) is 14.7 Å². The number of aliphatic hydroxyl groups is 1. The number of esters is 1. The molecule has 1 aliphatic heterocycles. The van der Waals surface area contributed by atoms with Crippen LogP contribution in [0.2, 0.25) is 0 Å². The van der Waals surface area contributed by atoms with Gasteiger partial charge in [0.1, 0.15) is 6.61 Å². The quantitative estimate of drug-likeness (QED) is 0.807. The van der Waals surface area contributed by atoms with Gasteiger partial charge in [0.15, 0.2) is 0 Å². The van der Waals surface area contributed by atoms with E-state index in [1.165, 1.54) is 7.11 Å². The van der Waals surface area contributed by atoms with E-state index in [0.29, 0.717) is 25.4 Å². The number of amides is 1. The summed E-state index contributed by atoms with van der Waals surface area (Å²) >= 11 is 0. The van der Waals surface area contributed by atoms with Gasteiger partial charge >= 0.3 is 12.1 Å². The minimum absolute atomic E-state index is 0.202. The predicted octanol–water partition coefficient (Wildman–Crippen LogP) is 2.21. The molecule has 1 amide bonds. The molecule has 0 bridgehead atoms. The zero-order valence-electron chi connectivity index (χ0n) is 14.0. The molecular weight excluding hydrogens is 310 g/mol. The zero-order valence-corrected chi connectivity index (χ0v) is 14.0. The van der Waals surface area contributed by atoms with Crippen molar-refractivity contribution in [2.75, 3.05) is 26.8 Å². The van der Waals surface area contributed by atoms with E-state index in [2.05, 4.69) is 0 Å². The van der Waals surface area contributed by atoms with Crippen LogP contribution in [0.25, 0.3) is 0 Å². The molecule has 0 saturated carbocycles. The molecule has 1 saturated heterocycles. The van der Waals surface area contributed by atoms with Crippen molar-refractivity contribution in [3.63, 3.8) is 0 Å². The second-order valence-corrected chi connectivity index (χ2v) is 6.11. The molecule has 6 heteroatoms. The minimum Gasteiger partial charge on any atom is -0.469 e. The van der Waals surface area contributed by atoms with Crippen molar-refractivity contribution < 1.29 is 24.2 Å². The molecule has 24 heavy (non-hydrogen) atoms. The normalized spacial score (nSPS) is 16.5. The molecule has 1 aliphatic rings. The molecule has 1 atom stereocenters. The smallest absolute Gasteiger partial charge is 0.410 e. The first-order chi connectivity index (χ1) is 11.6. The Labute approximate surface area is 142 Å². The van der Waals surface area contributed by atoms with Crippen molar-refractivity contribution in [1.29, 1.82) is 0 Å². The number of carbonyl (C=O) groups excluding carboxylic acids is 2. The van der Waals surface area contributed by atoms with E-state index in [-0.39, 0.29) is 25.3 Å². The Morgan fingerprint density at radius 1 is 1.25 bits per heavy atom. The minimum atomic E-state index is -0.475. The Kier molecular flexibility index (Phi) is 7.06. The van der Waals surface area contributed by atoms with Crippen LogP contribution in [0.3, 0.4) is 0 Å². The van der Waals surface area contributed by atoms with Crippen molar-refractivity contribution in [3.05, 3.63) is 35.9 Å². The van der Waals surface area contributed by atoms with E-state index in [0.717, 1.165) is 18.4 Å². The lowest BCUT2D eigenvalue weighted by Gasteiger charge is -2.32. The fourth-order valence-corrected chi connectivity index (χ4v) is 2.98. The lowest BCUT2D eigenvalue weighted by molar-refractivity contribution is -0.147. The maximum absolute atomic E-state index is 12.1.